The number of nitrogens with zero attached hydrogens (tertiary/aromatic N) is 1. The quantitative estimate of drug-likeness (QED) is 0.548. The van der Waals surface area contributed by atoms with Crippen LogP contribution >= 0.6 is 0 Å². The highest BCUT2D eigenvalue weighted by Gasteiger charge is 2.44. The van der Waals surface area contributed by atoms with E-state index in [-0.39, 0.29) is 0 Å². The lowest BCUT2D eigenvalue weighted by atomic mass is 10.4. The first-order valence-corrected chi connectivity index (χ1v) is 9.56. The van der Waals surface area contributed by atoms with Gasteiger partial charge in [0.15, 0.2) is 0 Å². The molecule has 0 amide bonds. The Morgan fingerprint density at radius 1 is 0.938 bits per heavy atom. The van der Waals surface area contributed by atoms with Crippen LogP contribution in [0.15, 0.2) is 0 Å². The van der Waals surface area contributed by atoms with Gasteiger partial charge in [-0.1, -0.05) is 61.3 Å². The molecule has 0 spiro atoms. The Morgan fingerprint density at radius 3 is 1.69 bits per heavy atom. The summed E-state index contributed by atoms with van der Waals surface area (Å²) in [4.78, 5) is 0. The van der Waals surface area contributed by atoms with E-state index in [1.807, 2.05) is 0 Å². The van der Waals surface area contributed by atoms with Gasteiger partial charge in [0.05, 0.1) is 0 Å². The van der Waals surface area contributed by atoms with Crippen LogP contribution in [0.2, 0.25) is 17.1 Å². The van der Waals surface area contributed by atoms with E-state index >= 15 is 0 Å². The second kappa shape index (κ2) is 7.49. The molecule has 0 aliphatic rings. The van der Waals surface area contributed by atoms with Crippen LogP contribution in [0, 0.1) is 0 Å². The standard InChI is InChI=1S/C14H33NSi/c1-8-12-16(13(5)6,14(7)9-2)15(10-3)11-4/h13-14H,8-12H2,1-7H3. The van der Waals surface area contributed by atoms with Gasteiger partial charge in [-0.25, -0.2) is 0 Å². The fraction of sp³-hybridized carbons (Fsp3) is 1.00. The summed E-state index contributed by atoms with van der Waals surface area (Å²) in [7, 11) is -1.27. The van der Waals surface area contributed by atoms with Crippen LogP contribution in [-0.2, 0) is 0 Å². The van der Waals surface area contributed by atoms with Gasteiger partial charge in [-0.2, -0.15) is 0 Å². The number of rotatable bonds is 8. The van der Waals surface area contributed by atoms with Crippen LogP contribution in [0.25, 0.3) is 0 Å². The molecule has 16 heavy (non-hydrogen) atoms. The fourth-order valence-electron chi connectivity index (χ4n) is 3.51. The van der Waals surface area contributed by atoms with Gasteiger partial charge in [-0.05, 0) is 30.2 Å². The van der Waals surface area contributed by atoms with Crippen molar-refractivity contribution in [2.75, 3.05) is 13.1 Å². The molecule has 0 aliphatic heterocycles. The molecule has 0 aromatic heterocycles. The summed E-state index contributed by atoms with van der Waals surface area (Å²) in [5, 5.41) is 0. The minimum Gasteiger partial charge on any atom is -0.323 e. The summed E-state index contributed by atoms with van der Waals surface area (Å²) in [6, 6.07) is 1.47. The zero-order valence-electron chi connectivity index (χ0n) is 12.6. The Morgan fingerprint density at radius 2 is 1.44 bits per heavy atom. The molecule has 0 heterocycles. The maximum absolute atomic E-state index is 2.84. The third kappa shape index (κ3) is 3.10. The molecule has 2 heteroatoms. The van der Waals surface area contributed by atoms with Gasteiger partial charge in [0.2, 0.25) is 0 Å². The summed E-state index contributed by atoms with van der Waals surface area (Å²) in [5.41, 5.74) is 1.80. The van der Waals surface area contributed by atoms with Crippen LogP contribution in [0.4, 0.5) is 0 Å². The van der Waals surface area contributed by atoms with Gasteiger partial charge in [0.25, 0.3) is 0 Å². The molecule has 2 atom stereocenters. The second-order valence-corrected chi connectivity index (χ2v) is 10.6. The Hall–Kier alpha value is 0.177. The first kappa shape index (κ1) is 16.2. The van der Waals surface area contributed by atoms with Crippen LogP contribution in [-0.4, -0.2) is 25.9 Å². The lowest BCUT2D eigenvalue weighted by Gasteiger charge is -2.48. The molecular weight excluding hydrogens is 210 g/mol. The predicted octanol–water partition coefficient (Wildman–Crippen LogP) is 4.89. The van der Waals surface area contributed by atoms with Crippen molar-refractivity contribution >= 4 is 8.24 Å². The van der Waals surface area contributed by atoms with Gasteiger partial charge in [-0.15, -0.1) is 0 Å². The van der Waals surface area contributed by atoms with Crippen LogP contribution in [0.3, 0.4) is 0 Å². The van der Waals surface area contributed by atoms with Crippen molar-refractivity contribution in [2.24, 2.45) is 0 Å². The SMILES string of the molecule is CCC[Si](C(C)C)(C(C)CC)N(CC)CC. The molecule has 0 fully saturated rings. The van der Waals surface area contributed by atoms with E-state index in [4.69, 9.17) is 0 Å². The van der Waals surface area contributed by atoms with Gasteiger partial charge in [0.1, 0.15) is 8.24 Å². The predicted molar refractivity (Wildman–Crippen MR) is 78.6 cm³/mol. The maximum atomic E-state index is 2.84. The van der Waals surface area contributed by atoms with Crippen molar-refractivity contribution < 1.29 is 0 Å². The largest absolute Gasteiger partial charge is 0.323 e. The molecule has 0 saturated carbocycles. The first-order chi connectivity index (χ1) is 7.50. The Bertz CT molecular complexity index is 178. The second-order valence-electron chi connectivity index (χ2n) is 5.38. The van der Waals surface area contributed by atoms with E-state index in [1.54, 1.807) is 0 Å². The van der Waals surface area contributed by atoms with E-state index in [9.17, 15) is 0 Å². The van der Waals surface area contributed by atoms with Gasteiger partial charge < -0.3 is 4.57 Å². The van der Waals surface area contributed by atoms with Crippen LogP contribution in [0.5, 0.6) is 0 Å². The summed E-state index contributed by atoms with van der Waals surface area (Å²) in [6.45, 7) is 19.3. The van der Waals surface area contributed by atoms with Crippen molar-refractivity contribution in [1.82, 2.24) is 4.57 Å². The Kier molecular flexibility index (Phi) is 7.58. The molecule has 98 valence electrons. The highest BCUT2D eigenvalue weighted by molar-refractivity contribution is 6.79. The molecule has 0 saturated heterocycles. The minimum atomic E-state index is -1.27. The molecule has 0 aromatic rings. The van der Waals surface area contributed by atoms with E-state index < -0.39 is 8.24 Å². The molecule has 0 aliphatic carbocycles. The van der Waals surface area contributed by atoms with Crippen LogP contribution in [0.1, 0.15) is 61.3 Å². The Balaban J connectivity index is 5.22. The van der Waals surface area contributed by atoms with E-state index in [1.165, 1.54) is 32.0 Å². The third-order valence-electron chi connectivity index (χ3n) is 4.47. The average molecular weight is 244 g/mol. The summed E-state index contributed by atoms with van der Waals surface area (Å²) in [5.74, 6) is 0. The van der Waals surface area contributed by atoms with Crippen molar-refractivity contribution in [3.05, 3.63) is 0 Å². The average Bonchev–Trinajstić information content (AvgIpc) is 2.27. The zero-order chi connectivity index (χ0) is 12.8. The van der Waals surface area contributed by atoms with Gasteiger partial charge in [0, 0.05) is 0 Å². The molecule has 2 unspecified atom stereocenters. The van der Waals surface area contributed by atoms with E-state index in [0.29, 0.717) is 0 Å². The zero-order valence-corrected chi connectivity index (χ0v) is 13.6. The Labute approximate surface area is 105 Å². The van der Waals surface area contributed by atoms with Crippen molar-refractivity contribution in [2.45, 2.75) is 78.4 Å². The minimum absolute atomic E-state index is 0.877. The van der Waals surface area contributed by atoms with Crippen molar-refractivity contribution in [3.8, 4) is 0 Å². The van der Waals surface area contributed by atoms with Crippen molar-refractivity contribution in [1.29, 1.82) is 0 Å². The summed E-state index contributed by atoms with van der Waals surface area (Å²) >= 11 is 0. The lowest BCUT2D eigenvalue weighted by Crippen LogP contribution is -2.58. The fourth-order valence-corrected chi connectivity index (χ4v) is 10.1. The lowest BCUT2D eigenvalue weighted by molar-refractivity contribution is 0.430. The van der Waals surface area contributed by atoms with E-state index in [2.05, 4.69) is 53.0 Å². The van der Waals surface area contributed by atoms with E-state index in [0.717, 1.165) is 11.1 Å². The normalized spacial score (nSPS) is 17.8. The highest BCUT2D eigenvalue weighted by atomic mass is 28.3. The first-order valence-electron chi connectivity index (χ1n) is 7.26. The highest BCUT2D eigenvalue weighted by Crippen LogP contribution is 2.41. The number of hydrogen-bond donors (Lipinski definition) is 0. The summed E-state index contributed by atoms with van der Waals surface area (Å²) in [6.07, 6.45) is 2.70. The topological polar surface area (TPSA) is 3.24 Å². The molecule has 0 rings (SSSR count). The van der Waals surface area contributed by atoms with Crippen LogP contribution < -0.4 is 0 Å². The molecule has 0 bridgehead atoms. The molecule has 0 aromatic carbocycles. The van der Waals surface area contributed by atoms with Crippen molar-refractivity contribution in [3.63, 3.8) is 0 Å². The molecule has 1 nitrogen and oxygen atoms in total. The third-order valence-corrected chi connectivity index (χ3v) is 11.7. The molecule has 0 N–H and O–H groups in total. The monoisotopic (exact) mass is 243 g/mol. The molecule has 0 radical (unpaired) electrons. The maximum Gasteiger partial charge on any atom is 0.133 e. The smallest absolute Gasteiger partial charge is 0.133 e. The van der Waals surface area contributed by atoms with Gasteiger partial charge in [-0.3, -0.25) is 0 Å². The van der Waals surface area contributed by atoms with Gasteiger partial charge >= 0.3 is 0 Å². The molecular formula is C14H33NSi. The number of hydrogen-bond acceptors (Lipinski definition) is 1. The summed E-state index contributed by atoms with van der Waals surface area (Å²) < 4.78 is 2.84.